The Morgan fingerprint density at radius 3 is 2.44 bits per heavy atom. The summed E-state index contributed by atoms with van der Waals surface area (Å²) in [7, 11) is 0. The van der Waals surface area contributed by atoms with Gasteiger partial charge in [-0.15, -0.1) is 0 Å². The Labute approximate surface area is 203 Å². The van der Waals surface area contributed by atoms with Crippen LogP contribution in [0, 0.1) is 0 Å². The van der Waals surface area contributed by atoms with Gasteiger partial charge in [0, 0.05) is 16.2 Å². The highest BCUT2D eigenvalue weighted by Gasteiger charge is 2.15. The second-order valence-electron chi connectivity index (χ2n) is 6.76. The van der Waals surface area contributed by atoms with Gasteiger partial charge in [-0.05, 0) is 42.0 Å². The van der Waals surface area contributed by atoms with Gasteiger partial charge >= 0.3 is 0 Å². The Bertz CT molecular complexity index is 1230. The molecule has 0 saturated heterocycles. The molecule has 1 N–H and O–H groups in total. The zero-order chi connectivity index (χ0) is 22.7. The number of amides is 1. The molecule has 0 aliphatic heterocycles. The monoisotopic (exact) mass is 509 g/mol. The van der Waals surface area contributed by atoms with Gasteiger partial charge in [0.25, 0.3) is 5.91 Å². The van der Waals surface area contributed by atoms with E-state index in [9.17, 15) is 4.79 Å². The van der Waals surface area contributed by atoms with E-state index in [0.717, 1.165) is 5.56 Å². The fourth-order valence-corrected chi connectivity index (χ4v) is 3.92. The first-order chi connectivity index (χ1) is 15.4. The molecule has 0 aliphatic carbocycles. The summed E-state index contributed by atoms with van der Waals surface area (Å²) < 4.78 is 12.9. The highest BCUT2D eigenvalue weighted by molar-refractivity contribution is 6.40. The lowest BCUT2D eigenvalue weighted by Gasteiger charge is -2.09. The van der Waals surface area contributed by atoms with Crippen molar-refractivity contribution in [2.45, 2.75) is 13.2 Å². The first-order valence-electron chi connectivity index (χ1n) is 9.31. The van der Waals surface area contributed by atoms with E-state index in [-0.39, 0.29) is 28.2 Å². The van der Waals surface area contributed by atoms with Gasteiger partial charge < -0.3 is 14.5 Å². The molecule has 4 rings (SSSR count). The quantitative estimate of drug-likeness (QED) is 0.291. The Morgan fingerprint density at radius 2 is 1.72 bits per heavy atom. The number of hydrogen-bond donors (Lipinski definition) is 1. The Kier molecular flexibility index (Phi) is 6.96. The van der Waals surface area contributed by atoms with E-state index in [4.69, 9.17) is 55.6 Å². The molecule has 2 heterocycles. The Balaban J connectivity index is 1.35. The zero-order valence-corrected chi connectivity index (χ0v) is 19.3. The second-order valence-corrected chi connectivity index (χ2v) is 8.45. The van der Waals surface area contributed by atoms with Crippen molar-refractivity contribution in [1.29, 1.82) is 0 Å². The lowest BCUT2D eigenvalue weighted by atomic mass is 10.2. The van der Waals surface area contributed by atoms with E-state index in [1.807, 2.05) is 24.3 Å². The van der Waals surface area contributed by atoms with Crippen LogP contribution in [-0.2, 0) is 13.2 Å². The molecule has 1 amide bonds. The number of ether oxygens (including phenoxy) is 1. The van der Waals surface area contributed by atoms with Gasteiger partial charge in [-0.2, -0.15) is 5.10 Å². The van der Waals surface area contributed by atoms with Crippen LogP contribution in [0.2, 0.25) is 20.1 Å². The summed E-state index contributed by atoms with van der Waals surface area (Å²) in [5, 5.41) is 8.64. The molecule has 4 aromatic rings. The molecule has 0 radical (unpaired) electrons. The van der Waals surface area contributed by atoms with Crippen LogP contribution in [0.25, 0.3) is 0 Å². The molecule has 10 heteroatoms. The summed E-state index contributed by atoms with van der Waals surface area (Å²) in [4.78, 5) is 12.5. The van der Waals surface area contributed by atoms with E-state index in [0.29, 0.717) is 28.0 Å². The molecule has 0 saturated carbocycles. The lowest BCUT2D eigenvalue weighted by Crippen LogP contribution is -2.10. The van der Waals surface area contributed by atoms with Gasteiger partial charge in [-0.3, -0.25) is 9.48 Å². The molecule has 0 unspecified atom stereocenters. The van der Waals surface area contributed by atoms with Crippen LogP contribution in [0.5, 0.6) is 5.75 Å². The summed E-state index contributed by atoms with van der Waals surface area (Å²) in [5.41, 5.74) is 1.57. The number of halogens is 4. The van der Waals surface area contributed by atoms with Crippen molar-refractivity contribution in [3.8, 4) is 5.75 Å². The predicted molar refractivity (Wildman–Crippen MR) is 125 cm³/mol. The van der Waals surface area contributed by atoms with Gasteiger partial charge in [0.2, 0.25) is 0 Å². The third-order valence-corrected chi connectivity index (χ3v) is 5.39. The average Bonchev–Trinajstić information content (AvgIpc) is 3.38. The van der Waals surface area contributed by atoms with Crippen molar-refractivity contribution in [3.63, 3.8) is 0 Å². The number of carbonyl (C=O) groups excluding carboxylic acids is 1. The van der Waals surface area contributed by atoms with Crippen LogP contribution < -0.4 is 10.1 Å². The molecule has 6 nitrogen and oxygen atoms in total. The van der Waals surface area contributed by atoms with Gasteiger partial charge in [-0.25, -0.2) is 0 Å². The van der Waals surface area contributed by atoms with E-state index < -0.39 is 5.91 Å². The molecular formula is C22H15Cl4N3O3. The maximum atomic E-state index is 12.5. The molecule has 0 bridgehead atoms. The minimum absolute atomic E-state index is 0.0351. The third-order valence-electron chi connectivity index (χ3n) is 4.36. The van der Waals surface area contributed by atoms with Gasteiger partial charge in [0.15, 0.2) is 11.5 Å². The van der Waals surface area contributed by atoms with Crippen LogP contribution in [-0.4, -0.2) is 15.7 Å². The van der Waals surface area contributed by atoms with Crippen molar-refractivity contribution in [2.75, 3.05) is 5.32 Å². The normalized spacial score (nSPS) is 10.9. The predicted octanol–water partition coefficient (Wildman–Crippen LogP) is 6.97. The Hall–Kier alpha value is -2.64. The molecule has 0 aliphatic rings. The number of hydrogen-bond acceptors (Lipinski definition) is 4. The number of nitrogens with one attached hydrogen (secondary N) is 1. The molecule has 164 valence electrons. The van der Waals surface area contributed by atoms with Crippen molar-refractivity contribution >= 4 is 58.0 Å². The molecule has 2 aromatic heterocycles. The average molecular weight is 511 g/mol. The third kappa shape index (κ3) is 5.58. The lowest BCUT2D eigenvalue weighted by molar-refractivity contribution is 0.0992. The largest absolute Gasteiger partial charge is 0.483 e. The topological polar surface area (TPSA) is 69.3 Å². The number of nitrogens with zero attached hydrogens (tertiary/aromatic N) is 2. The highest BCUT2D eigenvalue weighted by Crippen LogP contribution is 2.36. The fourth-order valence-electron chi connectivity index (χ4n) is 2.87. The van der Waals surface area contributed by atoms with Crippen molar-refractivity contribution in [3.05, 3.63) is 98.1 Å². The minimum atomic E-state index is -0.412. The summed E-state index contributed by atoms with van der Waals surface area (Å²) in [6.45, 7) is 0.582. The summed E-state index contributed by atoms with van der Waals surface area (Å²) in [5.74, 6) is 0.427. The number of anilines is 1. The SMILES string of the molecule is O=C(Nc1cnn(Cc2ccc(Cl)cc2)c1)c1ccc(COc2c(Cl)cc(Cl)cc2Cl)o1. The second kappa shape index (κ2) is 9.88. The number of aromatic nitrogens is 2. The molecule has 0 fully saturated rings. The van der Waals surface area contributed by atoms with Crippen LogP contribution in [0.15, 0.2) is 65.3 Å². The van der Waals surface area contributed by atoms with Crippen LogP contribution in [0.4, 0.5) is 5.69 Å². The molecule has 32 heavy (non-hydrogen) atoms. The number of benzene rings is 2. The van der Waals surface area contributed by atoms with E-state index in [1.54, 1.807) is 29.2 Å². The van der Waals surface area contributed by atoms with Crippen LogP contribution >= 0.6 is 46.4 Å². The molecule has 0 atom stereocenters. The standard InChI is InChI=1S/C22H15Cl4N3O3/c23-14-3-1-13(2-4-14)10-29-11-16(9-27-29)28-22(30)20-6-5-17(32-20)12-31-21-18(25)7-15(24)8-19(21)26/h1-9,11H,10,12H2,(H,28,30). The first kappa shape index (κ1) is 22.6. The van der Waals surface area contributed by atoms with E-state index >= 15 is 0 Å². The maximum Gasteiger partial charge on any atom is 0.291 e. The number of carbonyl (C=O) groups is 1. The van der Waals surface area contributed by atoms with Gasteiger partial charge in [0.1, 0.15) is 12.4 Å². The van der Waals surface area contributed by atoms with Crippen LogP contribution in [0.1, 0.15) is 21.9 Å². The number of rotatable bonds is 7. The summed E-state index contributed by atoms with van der Waals surface area (Å²) in [6, 6.07) is 13.7. The van der Waals surface area contributed by atoms with Crippen LogP contribution in [0.3, 0.4) is 0 Å². The van der Waals surface area contributed by atoms with E-state index in [2.05, 4.69) is 10.4 Å². The van der Waals surface area contributed by atoms with Crippen molar-refractivity contribution in [2.24, 2.45) is 0 Å². The zero-order valence-electron chi connectivity index (χ0n) is 16.3. The molecular weight excluding hydrogens is 496 g/mol. The van der Waals surface area contributed by atoms with Crippen molar-refractivity contribution < 1.29 is 13.9 Å². The molecule has 2 aromatic carbocycles. The highest BCUT2D eigenvalue weighted by atomic mass is 35.5. The minimum Gasteiger partial charge on any atom is -0.483 e. The number of furan rings is 1. The Morgan fingerprint density at radius 1 is 1.00 bits per heavy atom. The summed E-state index contributed by atoms with van der Waals surface area (Å²) in [6.07, 6.45) is 3.29. The summed E-state index contributed by atoms with van der Waals surface area (Å²) >= 11 is 24.0. The fraction of sp³-hybridized carbons (Fsp3) is 0.0909. The first-order valence-corrected chi connectivity index (χ1v) is 10.8. The molecule has 0 spiro atoms. The van der Waals surface area contributed by atoms with Gasteiger partial charge in [0.05, 0.1) is 28.5 Å². The van der Waals surface area contributed by atoms with E-state index in [1.165, 1.54) is 12.1 Å². The van der Waals surface area contributed by atoms with Gasteiger partial charge in [-0.1, -0.05) is 58.5 Å². The smallest absolute Gasteiger partial charge is 0.291 e. The van der Waals surface area contributed by atoms with Crippen molar-refractivity contribution in [1.82, 2.24) is 9.78 Å². The maximum absolute atomic E-state index is 12.5.